The van der Waals surface area contributed by atoms with Gasteiger partial charge in [-0.1, -0.05) is 15.9 Å². The molecule has 22 heavy (non-hydrogen) atoms. The van der Waals surface area contributed by atoms with Gasteiger partial charge in [0.1, 0.15) is 5.60 Å². The molecule has 1 N–H and O–H groups in total. The number of carbonyl (C=O) groups excluding carboxylic acids is 1. The average molecular weight is 371 g/mol. The minimum absolute atomic E-state index is 0.249. The van der Waals surface area contributed by atoms with E-state index in [1.165, 1.54) is 4.90 Å². The molecular formula is C16H20BrFN2O2. The summed E-state index contributed by atoms with van der Waals surface area (Å²) >= 11 is 3.39. The van der Waals surface area contributed by atoms with Crippen LogP contribution in [0.4, 0.5) is 14.9 Å². The predicted molar refractivity (Wildman–Crippen MR) is 86.5 cm³/mol. The normalized spacial score (nSPS) is 29.8. The van der Waals surface area contributed by atoms with Crippen molar-refractivity contribution in [2.45, 2.75) is 51.0 Å². The molecule has 2 aliphatic heterocycles. The largest absolute Gasteiger partial charge is 0.444 e. The van der Waals surface area contributed by atoms with Crippen LogP contribution in [0, 0.1) is 0 Å². The molecule has 0 bridgehead atoms. The molecule has 0 spiro atoms. The highest BCUT2D eigenvalue weighted by molar-refractivity contribution is 9.10. The van der Waals surface area contributed by atoms with Crippen molar-refractivity contribution in [2.75, 3.05) is 11.9 Å². The van der Waals surface area contributed by atoms with Gasteiger partial charge < -0.3 is 10.1 Å². The van der Waals surface area contributed by atoms with Gasteiger partial charge in [0, 0.05) is 28.7 Å². The first kappa shape index (κ1) is 15.6. The maximum Gasteiger partial charge on any atom is 0.412 e. The molecule has 6 heteroatoms. The number of anilines is 1. The van der Waals surface area contributed by atoms with Crippen LogP contribution in [0.5, 0.6) is 0 Å². The lowest BCUT2D eigenvalue weighted by Gasteiger charge is -2.38. The summed E-state index contributed by atoms with van der Waals surface area (Å²) in [5, 5.41) is 3.19. The van der Waals surface area contributed by atoms with Gasteiger partial charge in [0.25, 0.3) is 0 Å². The summed E-state index contributed by atoms with van der Waals surface area (Å²) in [6.07, 6.45) is -0.243. The first-order chi connectivity index (χ1) is 10.1. The van der Waals surface area contributed by atoms with Crippen LogP contribution in [0.3, 0.4) is 0 Å². The standard InChI is InChI=1S/C16H20BrFN2O2/c1-14(2,3)22-13(21)20-8-7-16(18)11-9-10(17)5-6-12(11)19-15(16,20)4/h5-6,9,19H,7-8H2,1-4H3/t15-,16+/m0/s1. The fourth-order valence-electron chi connectivity index (χ4n) is 3.32. The van der Waals surface area contributed by atoms with Crippen LogP contribution in [0.1, 0.15) is 39.7 Å². The van der Waals surface area contributed by atoms with E-state index in [4.69, 9.17) is 4.74 Å². The highest BCUT2D eigenvalue weighted by Gasteiger charge is 2.65. The predicted octanol–water partition coefficient (Wildman–Crippen LogP) is 4.40. The second kappa shape index (κ2) is 4.60. The molecule has 3 rings (SSSR count). The van der Waals surface area contributed by atoms with Crippen molar-refractivity contribution in [3.05, 3.63) is 28.2 Å². The third-order valence-electron chi connectivity index (χ3n) is 4.39. The zero-order chi connectivity index (χ0) is 16.3. The lowest BCUT2D eigenvalue weighted by atomic mass is 9.88. The molecule has 1 amide bonds. The van der Waals surface area contributed by atoms with E-state index in [1.54, 1.807) is 33.8 Å². The molecule has 2 atom stereocenters. The zero-order valence-electron chi connectivity index (χ0n) is 13.2. The highest BCUT2D eigenvalue weighted by Crippen LogP contribution is 2.56. The molecule has 1 fully saturated rings. The Balaban J connectivity index is 1.97. The summed E-state index contributed by atoms with van der Waals surface area (Å²) < 4.78 is 22.0. The summed E-state index contributed by atoms with van der Waals surface area (Å²) in [5.74, 6) is 0. The van der Waals surface area contributed by atoms with E-state index in [1.807, 2.05) is 12.1 Å². The maximum absolute atomic E-state index is 15.8. The molecule has 1 saturated heterocycles. The summed E-state index contributed by atoms with van der Waals surface area (Å²) in [7, 11) is 0. The first-order valence-electron chi connectivity index (χ1n) is 7.35. The van der Waals surface area contributed by atoms with Gasteiger partial charge in [-0.05, 0) is 45.9 Å². The van der Waals surface area contributed by atoms with Crippen LogP contribution in [-0.4, -0.2) is 28.8 Å². The average Bonchev–Trinajstić information content (AvgIpc) is 2.74. The topological polar surface area (TPSA) is 41.6 Å². The van der Waals surface area contributed by atoms with E-state index in [0.29, 0.717) is 12.1 Å². The van der Waals surface area contributed by atoms with Crippen molar-refractivity contribution in [1.82, 2.24) is 4.90 Å². The Bertz CT molecular complexity index is 646. The number of hydrogen-bond acceptors (Lipinski definition) is 3. The smallest absolute Gasteiger partial charge is 0.412 e. The van der Waals surface area contributed by atoms with E-state index < -0.39 is 23.0 Å². The maximum atomic E-state index is 15.8. The minimum Gasteiger partial charge on any atom is -0.444 e. The first-order valence-corrected chi connectivity index (χ1v) is 8.14. The van der Waals surface area contributed by atoms with Gasteiger partial charge in [-0.15, -0.1) is 0 Å². The Morgan fingerprint density at radius 1 is 1.45 bits per heavy atom. The summed E-state index contributed by atoms with van der Waals surface area (Å²) in [5.41, 5.74) is -2.04. The van der Waals surface area contributed by atoms with Crippen LogP contribution in [0.25, 0.3) is 0 Å². The van der Waals surface area contributed by atoms with Gasteiger partial charge in [-0.3, -0.25) is 4.90 Å². The Kier molecular flexibility index (Phi) is 3.26. The van der Waals surface area contributed by atoms with Crippen molar-refractivity contribution >= 4 is 27.7 Å². The van der Waals surface area contributed by atoms with Crippen LogP contribution in [0.2, 0.25) is 0 Å². The number of hydrogen-bond donors (Lipinski definition) is 1. The number of nitrogens with one attached hydrogen (secondary N) is 1. The van der Waals surface area contributed by atoms with E-state index >= 15 is 4.39 Å². The van der Waals surface area contributed by atoms with Gasteiger partial charge in [-0.2, -0.15) is 0 Å². The molecule has 4 nitrogen and oxygen atoms in total. The SMILES string of the molecule is CC(C)(C)OC(=O)N1CC[C@@]2(F)c3cc(Br)ccc3N[C@@]12C. The summed E-state index contributed by atoms with van der Waals surface area (Å²) in [6.45, 7) is 7.46. The van der Waals surface area contributed by atoms with E-state index in [0.717, 1.165) is 10.2 Å². The van der Waals surface area contributed by atoms with Gasteiger partial charge >= 0.3 is 6.09 Å². The highest BCUT2D eigenvalue weighted by atomic mass is 79.9. The Morgan fingerprint density at radius 3 is 2.77 bits per heavy atom. The number of alkyl halides is 1. The van der Waals surface area contributed by atoms with Gasteiger partial charge in [0.05, 0.1) is 0 Å². The van der Waals surface area contributed by atoms with Crippen LogP contribution >= 0.6 is 15.9 Å². The van der Waals surface area contributed by atoms with Gasteiger partial charge in [0.2, 0.25) is 0 Å². The second-order valence-electron chi connectivity index (χ2n) is 7.07. The quantitative estimate of drug-likeness (QED) is 0.735. The number of halogens is 2. The van der Waals surface area contributed by atoms with E-state index in [-0.39, 0.29) is 6.42 Å². The molecule has 120 valence electrons. The molecular weight excluding hydrogens is 351 g/mol. The molecule has 1 aromatic carbocycles. The van der Waals surface area contributed by atoms with Crippen LogP contribution < -0.4 is 5.32 Å². The molecule has 0 unspecified atom stereocenters. The number of amides is 1. The van der Waals surface area contributed by atoms with E-state index in [9.17, 15) is 4.79 Å². The fourth-order valence-corrected chi connectivity index (χ4v) is 3.68. The van der Waals surface area contributed by atoms with Crippen molar-refractivity contribution in [3.8, 4) is 0 Å². The Hall–Kier alpha value is -1.30. The fraction of sp³-hybridized carbons (Fsp3) is 0.562. The van der Waals surface area contributed by atoms with Crippen molar-refractivity contribution < 1.29 is 13.9 Å². The number of rotatable bonds is 0. The molecule has 0 saturated carbocycles. The second-order valence-corrected chi connectivity index (χ2v) is 7.99. The van der Waals surface area contributed by atoms with Crippen LogP contribution in [-0.2, 0) is 10.4 Å². The number of benzene rings is 1. The number of ether oxygens (including phenoxy) is 1. The Labute approximate surface area is 138 Å². The number of carbonyl (C=O) groups is 1. The van der Waals surface area contributed by atoms with Crippen LogP contribution in [0.15, 0.2) is 22.7 Å². The third kappa shape index (κ3) is 2.11. The van der Waals surface area contributed by atoms with Crippen molar-refractivity contribution in [3.63, 3.8) is 0 Å². The number of likely N-dealkylation sites (tertiary alicyclic amines) is 1. The van der Waals surface area contributed by atoms with Crippen molar-refractivity contribution in [2.24, 2.45) is 0 Å². The number of fused-ring (bicyclic) bond motifs is 3. The monoisotopic (exact) mass is 370 g/mol. The summed E-state index contributed by atoms with van der Waals surface area (Å²) in [6, 6.07) is 5.47. The molecule has 0 aromatic heterocycles. The Morgan fingerprint density at radius 2 is 2.14 bits per heavy atom. The molecule has 0 aliphatic carbocycles. The number of nitrogens with zero attached hydrogens (tertiary/aromatic N) is 1. The lowest BCUT2D eigenvalue weighted by molar-refractivity contribution is -0.00605. The third-order valence-corrected chi connectivity index (χ3v) is 4.89. The lowest BCUT2D eigenvalue weighted by Crippen LogP contribution is -2.56. The molecule has 2 heterocycles. The van der Waals surface area contributed by atoms with Crippen molar-refractivity contribution in [1.29, 1.82) is 0 Å². The summed E-state index contributed by atoms with van der Waals surface area (Å²) in [4.78, 5) is 13.9. The molecule has 1 aromatic rings. The van der Waals surface area contributed by atoms with Gasteiger partial charge in [0.15, 0.2) is 11.3 Å². The molecule has 2 aliphatic rings. The van der Waals surface area contributed by atoms with E-state index in [2.05, 4.69) is 21.2 Å². The zero-order valence-corrected chi connectivity index (χ0v) is 14.8. The van der Waals surface area contributed by atoms with Gasteiger partial charge in [-0.25, -0.2) is 9.18 Å². The minimum atomic E-state index is -1.62. The molecule has 0 radical (unpaired) electrons.